The van der Waals surface area contributed by atoms with Gasteiger partial charge in [-0.3, -0.25) is 0 Å². The minimum Gasteiger partial charge on any atom is -0.545 e. The van der Waals surface area contributed by atoms with Crippen molar-refractivity contribution in [2.45, 2.75) is 26.2 Å². The fraction of sp³-hybridized carbons (Fsp3) is 0.562. The van der Waals surface area contributed by atoms with E-state index >= 15 is 0 Å². The lowest BCUT2D eigenvalue weighted by molar-refractivity contribution is -0.900. The smallest absolute Gasteiger partial charge is 0.0949 e. The fourth-order valence-corrected chi connectivity index (χ4v) is 2.76. The number of anilines is 1. The predicted octanol–water partition coefficient (Wildman–Crippen LogP) is -0.0548. The molecule has 1 N–H and O–H groups in total. The number of carboxylic acid groups (broad SMARTS) is 1. The first kappa shape index (κ1) is 14.9. The van der Waals surface area contributed by atoms with Crippen LogP contribution in [-0.4, -0.2) is 38.7 Å². The van der Waals surface area contributed by atoms with Crippen LogP contribution in [0.1, 0.15) is 36.5 Å². The summed E-state index contributed by atoms with van der Waals surface area (Å²) >= 11 is 0. The Kier molecular flexibility index (Phi) is 5.41. The Morgan fingerprint density at radius 3 is 2.40 bits per heavy atom. The number of hydrogen-bond donors (Lipinski definition) is 1. The number of hydrogen-bond acceptors (Lipinski definition) is 3. The average Bonchev–Trinajstić information content (AvgIpc) is 2.48. The van der Waals surface area contributed by atoms with Crippen molar-refractivity contribution in [3.63, 3.8) is 0 Å². The number of rotatable bonds is 6. The molecule has 1 aromatic rings. The zero-order valence-electron chi connectivity index (χ0n) is 12.2. The molecule has 0 spiro atoms. The van der Waals surface area contributed by atoms with E-state index in [1.165, 1.54) is 38.9 Å². The van der Waals surface area contributed by atoms with Gasteiger partial charge in [-0.15, -0.1) is 0 Å². The Morgan fingerprint density at radius 1 is 1.20 bits per heavy atom. The monoisotopic (exact) mass is 276 g/mol. The second-order valence-corrected chi connectivity index (χ2v) is 5.53. The number of carbonyl (C=O) groups is 1. The van der Waals surface area contributed by atoms with Gasteiger partial charge in [0, 0.05) is 5.69 Å². The molecule has 0 amide bonds. The molecule has 0 unspecified atom stereocenters. The molecule has 20 heavy (non-hydrogen) atoms. The molecule has 0 bridgehead atoms. The van der Waals surface area contributed by atoms with Gasteiger partial charge in [0.25, 0.3) is 0 Å². The zero-order chi connectivity index (χ0) is 14.4. The molecule has 0 radical (unpaired) electrons. The molecule has 2 rings (SSSR count). The average molecular weight is 276 g/mol. The Morgan fingerprint density at radius 2 is 1.85 bits per heavy atom. The van der Waals surface area contributed by atoms with Gasteiger partial charge in [0.05, 0.1) is 38.7 Å². The quantitative estimate of drug-likeness (QED) is 0.741. The summed E-state index contributed by atoms with van der Waals surface area (Å²) in [6.45, 7) is 7.96. The molecule has 1 aromatic carbocycles. The minimum absolute atomic E-state index is 0.248. The number of benzene rings is 1. The third-order valence-corrected chi connectivity index (χ3v) is 4.07. The maximum Gasteiger partial charge on any atom is 0.0949 e. The van der Waals surface area contributed by atoms with Gasteiger partial charge >= 0.3 is 0 Å². The highest BCUT2D eigenvalue weighted by molar-refractivity contribution is 5.86. The van der Waals surface area contributed by atoms with Gasteiger partial charge in [0.15, 0.2) is 0 Å². The van der Waals surface area contributed by atoms with Crippen LogP contribution >= 0.6 is 0 Å². The fourth-order valence-electron chi connectivity index (χ4n) is 2.76. The molecule has 0 aromatic heterocycles. The molecular formula is C16H24N2O2. The maximum absolute atomic E-state index is 10.7. The van der Waals surface area contributed by atoms with Gasteiger partial charge in [0.2, 0.25) is 0 Å². The zero-order valence-corrected chi connectivity index (χ0v) is 12.2. The van der Waals surface area contributed by atoms with Crippen LogP contribution in [0.3, 0.4) is 0 Å². The second kappa shape index (κ2) is 7.29. The SMILES string of the molecule is CCCCC[NH+]1CCN(c2ccc(C(=O)[O-])cc2)CC1. The van der Waals surface area contributed by atoms with Crippen molar-refractivity contribution < 1.29 is 14.8 Å². The van der Waals surface area contributed by atoms with Crippen molar-refractivity contribution in [2.24, 2.45) is 0 Å². The molecule has 0 aliphatic carbocycles. The molecule has 110 valence electrons. The first-order valence-corrected chi connectivity index (χ1v) is 7.60. The van der Waals surface area contributed by atoms with Crippen LogP contribution in [-0.2, 0) is 0 Å². The number of nitrogens with zero attached hydrogens (tertiary/aromatic N) is 1. The number of carbonyl (C=O) groups excluding carboxylic acids is 1. The summed E-state index contributed by atoms with van der Waals surface area (Å²) in [5.74, 6) is -1.11. The van der Waals surface area contributed by atoms with Crippen LogP contribution in [0, 0.1) is 0 Å². The Hall–Kier alpha value is -1.55. The van der Waals surface area contributed by atoms with Crippen molar-refractivity contribution in [3.05, 3.63) is 29.8 Å². The van der Waals surface area contributed by atoms with E-state index in [9.17, 15) is 9.90 Å². The molecule has 1 aliphatic rings. The van der Waals surface area contributed by atoms with Gasteiger partial charge in [-0.1, -0.05) is 25.5 Å². The number of unbranched alkanes of at least 4 members (excludes halogenated alkanes) is 2. The number of quaternary nitrogens is 1. The van der Waals surface area contributed by atoms with E-state index in [-0.39, 0.29) is 5.56 Å². The third kappa shape index (κ3) is 3.97. The lowest BCUT2D eigenvalue weighted by atomic mass is 10.1. The molecule has 4 heteroatoms. The summed E-state index contributed by atoms with van der Waals surface area (Å²) in [5, 5.41) is 10.7. The Balaban J connectivity index is 1.82. The lowest BCUT2D eigenvalue weighted by Gasteiger charge is -2.33. The van der Waals surface area contributed by atoms with E-state index in [0.29, 0.717) is 0 Å². The minimum atomic E-state index is -1.11. The normalized spacial score (nSPS) is 16.4. The first-order chi connectivity index (χ1) is 9.70. The van der Waals surface area contributed by atoms with Crippen molar-refractivity contribution in [2.75, 3.05) is 37.6 Å². The number of carboxylic acids is 1. The summed E-state index contributed by atoms with van der Waals surface area (Å²) in [6, 6.07) is 7.02. The number of nitrogens with one attached hydrogen (secondary N) is 1. The van der Waals surface area contributed by atoms with E-state index in [4.69, 9.17) is 0 Å². The predicted molar refractivity (Wildman–Crippen MR) is 78.1 cm³/mol. The highest BCUT2D eigenvalue weighted by Gasteiger charge is 2.19. The molecule has 0 saturated carbocycles. The maximum atomic E-state index is 10.7. The molecule has 1 fully saturated rings. The standard InChI is InChI=1S/C16H24N2O2/c1-2-3-4-9-17-10-12-18(13-11-17)15-7-5-14(6-8-15)16(19)20/h5-8H,2-4,9-13H2,1H3,(H,19,20). The van der Waals surface area contributed by atoms with E-state index in [2.05, 4.69) is 11.8 Å². The Labute approximate surface area is 121 Å². The van der Waals surface area contributed by atoms with Crippen LogP contribution in [0.15, 0.2) is 24.3 Å². The molecule has 1 aliphatic heterocycles. The van der Waals surface area contributed by atoms with Crippen molar-refractivity contribution in [1.82, 2.24) is 0 Å². The molecular weight excluding hydrogens is 252 g/mol. The summed E-state index contributed by atoms with van der Waals surface area (Å²) in [6.07, 6.45) is 3.94. The summed E-state index contributed by atoms with van der Waals surface area (Å²) in [7, 11) is 0. The second-order valence-electron chi connectivity index (χ2n) is 5.53. The van der Waals surface area contributed by atoms with Crippen molar-refractivity contribution in [1.29, 1.82) is 0 Å². The van der Waals surface area contributed by atoms with Gasteiger partial charge in [-0.05, 0) is 30.5 Å². The van der Waals surface area contributed by atoms with Crippen LogP contribution in [0.5, 0.6) is 0 Å². The van der Waals surface area contributed by atoms with E-state index in [1.54, 1.807) is 17.0 Å². The third-order valence-electron chi connectivity index (χ3n) is 4.07. The molecule has 1 saturated heterocycles. The molecule has 0 atom stereocenters. The summed E-state index contributed by atoms with van der Waals surface area (Å²) < 4.78 is 0. The van der Waals surface area contributed by atoms with Crippen LogP contribution in [0.2, 0.25) is 0 Å². The van der Waals surface area contributed by atoms with Crippen LogP contribution in [0.4, 0.5) is 5.69 Å². The van der Waals surface area contributed by atoms with Crippen molar-refractivity contribution >= 4 is 11.7 Å². The van der Waals surface area contributed by atoms with Gasteiger partial charge in [-0.2, -0.15) is 0 Å². The lowest BCUT2D eigenvalue weighted by Crippen LogP contribution is -3.14. The number of piperazine rings is 1. The van der Waals surface area contributed by atoms with Gasteiger partial charge in [-0.25, -0.2) is 0 Å². The Bertz CT molecular complexity index is 423. The van der Waals surface area contributed by atoms with E-state index in [0.717, 1.165) is 18.8 Å². The molecule has 4 nitrogen and oxygen atoms in total. The van der Waals surface area contributed by atoms with Gasteiger partial charge < -0.3 is 19.7 Å². The number of aromatic carboxylic acids is 1. The summed E-state index contributed by atoms with van der Waals surface area (Å²) in [4.78, 5) is 14.8. The largest absolute Gasteiger partial charge is 0.545 e. The van der Waals surface area contributed by atoms with Gasteiger partial charge in [0.1, 0.15) is 0 Å². The highest BCUT2D eigenvalue weighted by atomic mass is 16.4. The van der Waals surface area contributed by atoms with Crippen LogP contribution in [0.25, 0.3) is 0 Å². The topological polar surface area (TPSA) is 47.8 Å². The van der Waals surface area contributed by atoms with E-state index < -0.39 is 5.97 Å². The molecule has 1 heterocycles. The van der Waals surface area contributed by atoms with Crippen molar-refractivity contribution in [3.8, 4) is 0 Å². The highest BCUT2D eigenvalue weighted by Crippen LogP contribution is 2.14. The first-order valence-electron chi connectivity index (χ1n) is 7.60. The van der Waals surface area contributed by atoms with Crippen LogP contribution < -0.4 is 14.9 Å². The summed E-state index contributed by atoms with van der Waals surface area (Å²) in [5.41, 5.74) is 1.36. The van der Waals surface area contributed by atoms with E-state index in [1.807, 2.05) is 12.1 Å².